The second-order valence-corrected chi connectivity index (χ2v) is 9.78. The van der Waals surface area contributed by atoms with E-state index in [1.807, 2.05) is 6.07 Å². The van der Waals surface area contributed by atoms with Gasteiger partial charge in [-0.05, 0) is 25.1 Å². The van der Waals surface area contributed by atoms with E-state index in [2.05, 4.69) is 10.2 Å². The normalized spacial score (nSPS) is 14.9. The maximum Gasteiger partial charge on any atom is 0.277 e. The van der Waals surface area contributed by atoms with Gasteiger partial charge in [-0.1, -0.05) is 23.9 Å². The Morgan fingerprint density at radius 3 is 2.62 bits per heavy atom. The van der Waals surface area contributed by atoms with Crippen LogP contribution in [0, 0.1) is 18.3 Å². The number of hydrogen-bond acceptors (Lipinski definition) is 9. The van der Waals surface area contributed by atoms with Gasteiger partial charge in [0.05, 0.1) is 28.0 Å². The lowest BCUT2D eigenvalue weighted by Gasteiger charge is -2.34. The Bertz CT molecular complexity index is 1270. The van der Waals surface area contributed by atoms with E-state index >= 15 is 0 Å². The van der Waals surface area contributed by atoms with Crippen LogP contribution in [0.5, 0.6) is 0 Å². The molecule has 32 heavy (non-hydrogen) atoms. The van der Waals surface area contributed by atoms with Crippen molar-refractivity contribution in [2.24, 2.45) is 0 Å². The molecule has 1 fully saturated rings. The molecule has 0 bridgehead atoms. The zero-order valence-electron chi connectivity index (χ0n) is 17.1. The molecule has 0 atom stereocenters. The third-order valence-electron chi connectivity index (χ3n) is 5.03. The van der Waals surface area contributed by atoms with Crippen molar-refractivity contribution in [3.63, 3.8) is 0 Å². The Morgan fingerprint density at radius 2 is 1.94 bits per heavy atom. The first-order valence-corrected chi connectivity index (χ1v) is 12.1. The smallest absolute Gasteiger partial charge is 0.277 e. The number of carbonyl (C=O) groups is 1. The molecule has 10 nitrogen and oxygen atoms in total. The predicted molar refractivity (Wildman–Crippen MR) is 114 cm³/mol. The van der Waals surface area contributed by atoms with Crippen molar-refractivity contribution in [1.82, 2.24) is 19.4 Å². The summed E-state index contributed by atoms with van der Waals surface area (Å²) in [5.41, 5.74) is 0.804. The number of furan rings is 1. The summed E-state index contributed by atoms with van der Waals surface area (Å²) >= 11 is 1.12. The molecule has 12 heteroatoms. The van der Waals surface area contributed by atoms with Crippen LogP contribution in [0.2, 0.25) is 0 Å². The maximum atomic E-state index is 12.9. The summed E-state index contributed by atoms with van der Waals surface area (Å²) in [4.78, 5) is 14.2. The topological polar surface area (TPSA) is 134 Å². The van der Waals surface area contributed by atoms with Crippen LogP contribution in [-0.2, 0) is 14.8 Å². The molecular weight excluding hydrogens is 454 g/mol. The molecule has 0 unspecified atom stereocenters. The van der Waals surface area contributed by atoms with Gasteiger partial charge in [0.25, 0.3) is 11.1 Å². The first kappa shape index (κ1) is 22.1. The van der Waals surface area contributed by atoms with Crippen molar-refractivity contribution < 1.29 is 22.0 Å². The summed E-state index contributed by atoms with van der Waals surface area (Å²) in [7, 11) is -3.80. The highest BCUT2D eigenvalue weighted by atomic mass is 32.2. The van der Waals surface area contributed by atoms with Gasteiger partial charge < -0.3 is 13.7 Å². The number of benzene rings is 1. The van der Waals surface area contributed by atoms with Crippen LogP contribution in [-0.4, -0.2) is 65.7 Å². The Labute approximate surface area is 188 Å². The van der Waals surface area contributed by atoms with Crippen LogP contribution in [0.3, 0.4) is 0 Å². The maximum absolute atomic E-state index is 12.9. The van der Waals surface area contributed by atoms with Crippen molar-refractivity contribution in [3.8, 4) is 17.5 Å². The monoisotopic (exact) mass is 473 g/mol. The molecule has 0 saturated carbocycles. The number of nitriles is 1. The molecule has 1 amide bonds. The summed E-state index contributed by atoms with van der Waals surface area (Å²) in [6.07, 6.45) is 1.53. The third-order valence-corrected chi connectivity index (χ3v) is 7.79. The van der Waals surface area contributed by atoms with Gasteiger partial charge in [-0.15, -0.1) is 10.2 Å². The first-order valence-electron chi connectivity index (χ1n) is 9.68. The zero-order valence-corrected chi connectivity index (χ0v) is 18.7. The van der Waals surface area contributed by atoms with E-state index < -0.39 is 10.0 Å². The van der Waals surface area contributed by atoms with Gasteiger partial charge in [0.15, 0.2) is 0 Å². The lowest BCUT2D eigenvalue weighted by molar-refractivity contribution is -0.129. The Kier molecular flexibility index (Phi) is 6.31. The lowest BCUT2D eigenvalue weighted by atomic mass is 10.2. The van der Waals surface area contributed by atoms with Crippen molar-refractivity contribution in [2.75, 3.05) is 31.9 Å². The number of aryl methyl sites for hydroxylation is 1. The Morgan fingerprint density at radius 1 is 1.19 bits per heavy atom. The molecule has 0 aliphatic carbocycles. The van der Waals surface area contributed by atoms with Crippen LogP contribution in [0.15, 0.2) is 55.5 Å². The Hall–Kier alpha value is -3.14. The minimum Gasteiger partial charge on any atom is -0.469 e. The first-order chi connectivity index (χ1) is 15.4. The molecule has 3 aromatic rings. The number of nitrogens with zero attached hydrogens (tertiary/aromatic N) is 5. The molecule has 166 valence electrons. The van der Waals surface area contributed by atoms with E-state index in [-0.39, 0.29) is 53.5 Å². The SMILES string of the molecule is Cc1occc1-c1nnc(SCC(=O)N2CCN(S(=O)(=O)c3ccccc3C#N)CC2)o1. The molecule has 1 aromatic carbocycles. The van der Waals surface area contributed by atoms with E-state index in [4.69, 9.17) is 8.83 Å². The molecule has 0 spiro atoms. The summed E-state index contributed by atoms with van der Waals surface area (Å²) in [6, 6.07) is 9.74. The van der Waals surface area contributed by atoms with Gasteiger partial charge in [-0.2, -0.15) is 9.57 Å². The number of aromatic nitrogens is 2. The van der Waals surface area contributed by atoms with E-state index in [0.717, 1.165) is 11.8 Å². The fourth-order valence-electron chi connectivity index (χ4n) is 3.30. The van der Waals surface area contributed by atoms with Crippen molar-refractivity contribution in [1.29, 1.82) is 5.26 Å². The molecule has 4 rings (SSSR count). The highest BCUT2D eigenvalue weighted by Crippen LogP contribution is 2.27. The van der Waals surface area contributed by atoms with E-state index in [1.54, 1.807) is 30.0 Å². The number of carbonyl (C=O) groups excluding carboxylic acids is 1. The second kappa shape index (κ2) is 9.15. The summed E-state index contributed by atoms with van der Waals surface area (Å²) in [5.74, 6) is 0.925. The number of thioether (sulfide) groups is 1. The molecule has 3 heterocycles. The van der Waals surface area contributed by atoms with Gasteiger partial charge in [0.1, 0.15) is 11.8 Å². The van der Waals surface area contributed by atoms with Crippen molar-refractivity contribution in [3.05, 3.63) is 47.9 Å². The van der Waals surface area contributed by atoms with E-state index in [0.29, 0.717) is 17.2 Å². The number of amides is 1. The average Bonchev–Trinajstić information content (AvgIpc) is 3.46. The minimum absolute atomic E-state index is 0.0158. The van der Waals surface area contributed by atoms with Gasteiger partial charge in [-0.3, -0.25) is 4.79 Å². The van der Waals surface area contributed by atoms with Gasteiger partial charge in [0.2, 0.25) is 15.9 Å². The summed E-state index contributed by atoms with van der Waals surface area (Å²) < 4.78 is 37.9. The van der Waals surface area contributed by atoms with Crippen molar-refractivity contribution in [2.45, 2.75) is 17.0 Å². The molecule has 0 N–H and O–H groups in total. The van der Waals surface area contributed by atoms with Gasteiger partial charge >= 0.3 is 0 Å². The fraction of sp³-hybridized carbons (Fsp3) is 0.300. The molecule has 2 aromatic heterocycles. The van der Waals surface area contributed by atoms with Crippen LogP contribution in [0.4, 0.5) is 0 Å². The third kappa shape index (κ3) is 4.40. The molecule has 1 aliphatic rings. The number of rotatable bonds is 6. The summed E-state index contributed by atoms with van der Waals surface area (Å²) in [5, 5.41) is 17.4. The number of sulfonamides is 1. The fourth-order valence-corrected chi connectivity index (χ4v) is 5.53. The standard InChI is InChI=1S/C20H19N5O5S2/c1-14-16(6-11-29-14)19-22-23-20(30-19)31-13-18(26)24-7-9-25(10-8-24)32(27,28)17-5-3-2-4-15(17)12-21/h2-6,11H,7-10,13H2,1H3. The second-order valence-electron chi connectivity index (χ2n) is 6.95. The summed E-state index contributed by atoms with van der Waals surface area (Å²) in [6.45, 7) is 2.62. The highest BCUT2D eigenvalue weighted by Gasteiger charge is 2.31. The average molecular weight is 474 g/mol. The zero-order chi connectivity index (χ0) is 22.7. The predicted octanol–water partition coefficient (Wildman–Crippen LogP) is 2.13. The van der Waals surface area contributed by atoms with E-state index in [9.17, 15) is 18.5 Å². The van der Waals surface area contributed by atoms with Gasteiger partial charge in [0, 0.05) is 26.2 Å². The minimum atomic E-state index is -3.80. The highest BCUT2D eigenvalue weighted by molar-refractivity contribution is 7.99. The van der Waals surface area contributed by atoms with Crippen LogP contribution in [0.1, 0.15) is 11.3 Å². The lowest BCUT2D eigenvalue weighted by Crippen LogP contribution is -2.51. The van der Waals surface area contributed by atoms with Crippen LogP contribution >= 0.6 is 11.8 Å². The van der Waals surface area contributed by atoms with Crippen molar-refractivity contribution >= 4 is 27.7 Å². The quantitative estimate of drug-likeness (QED) is 0.494. The molecule has 0 radical (unpaired) electrons. The molecule has 1 saturated heterocycles. The molecular formula is C20H19N5O5S2. The number of piperazine rings is 1. The van der Waals surface area contributed by atoms with E-state index in [1.165, 1.54) is 22.7 Å². The number of hydrogen-bond donors (Lipinski definition) is 0. The van der Waals surface area contributed by atoms with Gasteiger partial charge in [-0.25, -0.2) is 8.42 Å². The van der Waals surface area contributed by atoms with Crippen LogP contribution < -0.4 is 0 Å². The molecule has 1 aliphatic heterocycles. The largest absolute Gasteiger partial charge is 0.469 e. The Balaban J connectivity index is 1.33. The van der Waals surface area contributed by atoms with Crippen LogP contribution in [0.25, 0.3) is 11.5 Å².